The van der Waals surface area contributed by atoms with Gasteiger partial charge in [-0.25, -0.2) is 0 Å². The molecule has 4 nitrogen and oxygen atoms in total. The van der Waals surface area contributed by atoms with Gasteiger partial charge >= 0.3 is 0 Å². The third-order valence-corrected chi connectivity index (χ3v) is 3.09. The van der Waals surface area contributed by atoms with Gasteiger partial charge in [0.1, 0.15) is 0 Å². The van der Waals surface area contributed by atoms with E-state index < -0.39 is 0 Å². The fourth-order valence-corrected chi connectivity index (χ4v) is 2.06. The molecule has 0 spiro atoms. The Balaban J connectivity index is 1.86. The van der Waals surface area contributed by atoms with Crippen molar-refractivity contribution in [3.05, 3.63) is 54.4 Å². The van der Waals surface area contributed by atoms with Crippen LogP contribution in [0.3, 0.4) is 0 Å². The third-order valence-electron chi connectivity index (χ3n) is 3.09. The van der Waals surface area contributed by atoms with Crippen LogP contribution in [0.1, 0.15) is 18.9 Å². The van der Waals surface area contributed by atoms with Crippen molar-refractivity contribution in [3.8, 4) is 22.8 Å². The first-order valence-corrected chi connectivity index (χ1v) is 6.70. The Bertz CT molecular complexity index is 674. The van der Waals surface area contributed by atoms with E-state index in [0.29, 0.717) is 11.7 Å². The zero-order valence-electron chi connectivity index (χ0n) is 11.3. The quantitative estimate of drug-likeness (QED) is 0.721. The standard InChI is InChI=1S/C16H15N3O/c1-2-4-12-6-8-13(9-7-12)16-18-15(19-20-16)14-5-3-10-17-11-14/h3,5-11H,2,4H2,1H3. The topological polar surface area (TPSA) is 51.8 Å². The summed E-state index contributed by atoms with van der Waals surface area (Å²) in [5.74, 6) is 1.10. The van der Waals surface area contributed by atoms with Crippen molar-refractivity contribution >= 4 is 0 Å². The molecule has 0 bridgehead atoms. The van der Waals surface area contributed by atoms with Crippen molar-refractivity contribution in [1.29, 1.82) is 0 Å². The summed E-state index contributed by atoms with van der Waals surface area (Å²) >= 11 is 0. The Labute approximate surface area is 117 Å². The second-order valence-corrected chi connectivity index (χ2v) is 4.61. The molecule has 2 heterocycles. The zero-order chi connectivity index (χ0) is 13.8. The molecule has 0 fully saturated rings. The van der Waals surface area contributed by atoms with Gasteiger partial charge in [-0.1, -0.05) is 30.6 Å². The molecule has 0 unspecified atom stereocenters. The maximum atomic E-state index is 5.32. The molecule has 1 aromatic carbocycles. The van der Waals surface area contributed by atoms with Crippen molar-refractivity contribution in [2.75, 3.05) is 0 Å². The van der Waals surface area contributed by atoms with Crippen LogP contribution >= 0.6 is 0 Å². The smallest absolute Gasteiger partial charge is 0.258 e. The Morgan fingerprint density at radius 1 is 1.05 bits per heavy atom. The predicted octanol–water partition coefficient (Wildman–Crippen LogP) is 3.75. The lowest BCUT2D eigenvalue weighted by molar-refractivity contribution is 0.432. The van der Waals surface area contributed by atoms with Crippen LogP contribution in [0, 0.1) is 0 Å². The Kier molecular flexibility index (Phi) is 3.54. The normalized spacial score (nSPS) is 10.7. The summed E-state index contributed by atoms with van der Waals surface area (Å²) in [6, 6.07) is 12.0. The molecule has 0 aliphatic carbocycles. The first kappa shape index (κ1) is 12.5. The predicted molar refractivity (Wildman–Crippen MR) is 77.0 cm³/mol. The van der Waals surface area contributed by atoms with E-state index in [-0.39, 0.29) is 0 Å². The second kappa shape index (κ2) is 5.65. The number of hydrogen-bond donors (Lipinski definition) is 0. The van der Waals surface area contributed by atoms with Gasteiger partial charge in [-0.15, -0.1) is 0 Å². The molecule has 3 aromatic rings. The van der Waals surface area contributed by atoms with Crippen LogP contribution in [0.5, 0.6) is 0 Å². The van der Waals surface area contributed by atoms with Crippen LogP contribution in [0.4, 0.5) is 0 Å². The molecular weight excluding hydrogens is 250 g/mol. The molecule has 0 aliphatic heterocycles. The Morgan fingerprint density at radius 3 is 2.60 bits per heavy atom. The van der Waals surface area contributed by atoms with Gasteiger partial charge in [-0.3, -0.25) is 4.98 Å². The molecule has 20 heavy (non-hydrogen) atoms. The summed E-state index contributed by atoms with van der Waals surface area (Å²) in [6.45, 7) is 2.17. The molecule has 0 radical (unpaired) electrons. The van der Waals surface area contributed by atoms with Crippen molar-refractivity contribution < 1.29 is 4.52 Å². The van der Waals surface area contributed by atoms with Gasteiger partial charge in [0.15, 0.2) is 0 Å². The molecule has 0 atom stereocenters. The van der Waals surface area contributed by atoms with Crippen LogP contribution in [0.2, 0.25) is 0 Å². The van der Waals surface area contributed by atoms with E-state index in [1.54, 1.807) is 12.4 Å². The van der Waals surface area contributed by atoms with Crippen LogP contribution in [0.15, 0.2) is 53.3 Å². The largest absolute Gasteiger partial charge is 0.334 e. The molecule has 4 heteroatoms. The molecule has 0 amide bonds. The van der Waals surface area contributed by atoms with Crippen LogP contribution in [-0.4, -0.2) is 15.1 Å². The first-order valence-electron chi connectivity index (χ1n) is 6.70. The molecule has 0 aliphatic rings. The second-order valence-electron chi connectivity index (χ2n) is 4.61. The first-order chi connectivity index (χ1) is 9.86. The molecule has 2 aromatic heterocycles. The highest BCUT2D eigenvalue weighted by Crippen LogP contribution is 2.22. The summed E-state index contributed by atoms with van der Waals surface area (Å²) in [4.78, 5) is 8.46. The average Bonchev–Trinajstić information content (AvgIpc) is 2.99. The van der Waals surface area contributed by atoms with Crippen LogP contribution in [0.25, 0.3) is 22.8 Å². The summed E-state index contributed by atoms with van der Waals surface area (Å²) in [7, 11) is 0. The lowest BCUT2D eigenvalue weighted by atomic mass is 10.1. The van der Waals surface area contributed by atoms with E-state index in [0.717, 1.165) is 24.0 Å². The van der Waals surface area contributed by atoms with Crippen LogP contribution < -0.4 is 0 Å². The summed E-state index contributed by atoms with van der Waals surface area (Å²) in [5.41, 5.74) is 3.11. The SMILES string of the molecule is CCCc1ccc(-c2nc(-c3cccnc3)no2)cc1. The highest BCUT2D eigenvalue weighted by Gasteiger charge is 2.10. The summed E-state index contributed by atoms with van der Waals surface area (Å²) < 4.78 is 5.32. The van der Waals surface area contributed by atoms with Crippen molar-refractivity contribution in [2.45, 2.75) is 19.8 Å². The average molecular weight is 265 g/mol. The van der Waals surface area contributed by atoms with Gasteiger partial charge in [0, 0.05) is 23.5 Å². The molecule has 0 N–H and O–H groups in total. The van der Waals surface area contributed by atoms with E-state index in [9.17, 15) is 0 Å². The van der Waals surface area contributed by atoms with Crippen LogP contribution in [-0.2, 0) is 6.42 Å². The lowest BCUT2D eigenvalue weighted by Gasteiger charge is -1.98. The van der Waals surface area contributed by atoms with E-state index in [2.05, 4.69) is 34.2 Å². The highest BCUT2D eigenvalue weighted by atomic mass is 16.5. The number of pyridine rings is 1. The molecular formula is C16H15N3O. The molecule has 0 saturated carbocycles. The van der Waals surface area contributed by atoms with E-state index >= 15 is 0 Å². The van der Waals surface area contributed by atoms with Gasteiger partial charge in [-0.05, 0) is 36.2 Å². The number of benzene rings is 1. The summed E-state index contributed by atoms with van der Waals surface area (Å²) in [6.07, 6.45) is 5.67. The third kappa shape index (κ3) is 2.59. The molecule has 3 rings (SSSR count). The lowest BCUT2D eigenvalue weighted by Crippen LogP contribution is -1.84. The van der Waals surface area contributed by atoms with Crippen molar-refractivity contribution in [3.63, 3.8) is 0 Å². The van der Waals surface area contributed by atoms with E-state index in [1.165, 1.54) is 5.56 Å². The monoisotopic (exact) mass is 265 g/mol. The fraction of sp³-hybridized carbons (Fsp3) is 0.188. The van der Waals surface area contributed by atoms with Crippen molar-refractivity contribution in [1.82, 2.24) is 15.1 Å². The minimum Gasteiger partial charge on any atom is -0.334 e. The Morgan fingerprint density at radius 2 is 1.90 bits per heavy atom. The minimum atomic E-state index is 0.534. The van der Waals surface area contributed by atoms with Gasteiger partial charge in [-0.2, -0.15) is 4.98 Å². The fourth-order valence-electron chi connectivity index (χ4n) is 2.06. The highest BCUT2D eigenvalue weighted by molar-refractivity contribution is 5.59. The molecule has 100 valence electrons. The number of aryl methyl sites for hydroxylation is 1. The van der Waals surface area contributed by atoms with Gasteiger partial charge < -0.3 is 4.52 Å². The zero-order valence-corrected chi connectivity index (χ0v) is 11.3. The van der Waals surface area contributed by atoms with Gasteiger partial charge in [0.2, 0.25) is 5.82 Å². The molecule has 0 saturated heterocycles. The maximum Gasteiger partial charge on any atom is 0.258 e. The van der Waals surface area contributed by atoms with Gasteiger partial charge in [0.25, 0.3) is 5.89 Å². The number of rotatable bonds is 4. The van der Waals surface area contributed by atoms with E-state index in [4.69, 9.17) is 4.52 Å². The summed E-state index contributed by atoms with van der Waals surface area (Å²) in [5, 5.41) is 4.00. The number of aromatic nitrogens is 3. The number of hydrogen-bond acceptors (Lipinski definition) is 4. The van der Waals surface area contributed by atoms with E-state index in [1.807, 2.05) is 24.3 Å². The Hall–Kier alpha value is -2.49. The maximum absolute atomic E-state index is 5.32. The minimum absolute atomic E-state index is 0.534. The number of nitrogens with zero attached hydrogens (tertiary/aromatic N) is 3. The van der Waals surface area contributed by atoms with Crippen molar-refractivity contribution in [2.24, 2.45) is 0 Å². The van der Waals surface area contributed by atoms with Gasteiger partial charge in [0.05, 0.1) is 0 Å².